The van der Waals surface area contributed by atoms with Crippen LogP contribution in [0.15, 0.2) is 42.0 Å². The molecule has 0 radical (unpaired) electrons. The fourth-order valence-corrected chi connectivity index (χ4v) is 3.79. The van der Waals surface area contributed by atoms with E-state index in [1.807, 2.05) is 29.9 Å². The molecule has 4 rings (SSSR count). The SMILES string of the molecule is Cc1cc(-c2csc(-c3cccc(C(=O)O)c3)n2)c(C)n1-c1ncn[nH]1. The molecule has 3 aromatic heterocycles. The topological polar surface area (TPSA) is 96.7 Å². The van der Waals surface area contributed by atoms with Crippen LogP contribution in [0, 0.1) is 13.8 Å². The van der Waals surface area contributed by atoms with Gasteiger partial charge in [-0.3, -0.25) is 4.57 Å². The molecule has 0 aliphatic carbocycles. The number of nitrogens with one attached hydrogen (secondary N) is 1. The third-order valence-electron chi connectivity index (χ3n) is 4.18. The maximum Gasteiger partial charge on any atom is 0.335 e. The van der Waals surface area contributed by atoms with Crippen molar-refractivity contribution < 1.29 is 9.90 Å². The maximum absolute atomic E-state index is 11.2. The Morgan fingerprint density at radius 2 is 2.12 bits per heavy atom. The molecule has 0 aliphatic heterocycles. The quantitative estimate of drug-likeness (QED) is 0.575. The molecule has 0 atom stereocenters. The van der Waals surface area contributed by atoms with Crippen LogP contribution in [0.25, 0.3) is 27.8 Å². The summed E-state index contributed by atoms with van der Waals surface area (Å²) in [4.78, 5) is 20.1. The highest BCUT2D eigenvalue weighted by Crippen LogP contribution is 2.33. The Balaban J connectivity index is 1.75. The average Bonchev–Trinajstić information content (AvgIpc) is 3.35. The van der Waals surface area contributed by atoms with Crippen molar-refractivity contribution in [3.05, 3.63) is 59.0 Å². The van der Waals surface area contributed by atoms with Crippen molar-refractivity contribution in [1.82, 2.24) is 24.7 Å². The summed E-state index contributed by atoms with van der Waals surface area (Å²) in [7, 11) is 0. The van der Waals surface area contributed by atoms with Crippen LogP contribution >= 0.6 is 11.3 Å². The zero-order valence-electron chi connectivity index (χ0n) is 14.1. The molecule has 8 heteroatoms. The number of carboxylic acid groups (broad SMARTS) is 1. The summed E-state index contributed by atoms with van der Waals surface area (Å²) in [5.74, 6) is -0.282. The standard InChI is InChI=1S/C18H15N5O2S/c1-10-6-14(11(2)23(10)18-19-9-20-22-18)15-8-26-16(21-15)12-4-3-5-13(7-12)17(24)25/h3-9H,1-2H3,(H,24,25)(H,19,20,22). The van der Waals surface area contributed by atoms with E-state index < -0.39 is 5.97 Å². The molecule has 0 bridgehead atoms. The molecule has 0 fully saturated rings. The van der Waals surface area contributed by atoms with Crippen LogP contribution in [0.1, 0.15) is 21.7 Å². The fourth-order valence-electron chi connectivity index (χ4n) is 2.97. The zero-order chi connectivity index (χ0) is 18.3. The Morgan fingerprint density at radius 3 is 2.85 bits per heavy atom. The summed E-state index contributed by atoms with van der Waals surface area (Å²) in [5, 5.41) is 18.7. The van der Waals surface area contributed by atoms with Gasteiger partial charge in [-0.2, -0.15) is 10.1 Å². The number of rotatable bonds is 4. The van der Waals surface area contributed by atoms with Crippen LogP contribution < -0.4 is 0 Å². The number of aromatic carboxylic acids is 1. The number of thiazole rings is 1. The predicted molar refractivity (Wildman–Crippen MR) is 98.7 cm³/mol. The molecule has 2 N–H and O–H groups in total. The molecular formula is C18H15N5O2S. The highest BCUT2D eigenvalue weighted by Gasteiger charge is 2.17. The van der Waals surface area contributed by atoms with Crippen molar-refractivity contribution in [2.24, 2.45) is 0 Å². The number of benzene rings is 1. The molecule has 0 unspecified atom stereocenters. The van der Waals surface area contributed by atoms with Gasteiger partial charge in [-0.05, 0) is 32.0 Å². The summed E-state index contributed by atoms with van der Waals surface area (Å²) in [5.41, 5.74) is 4.94. The van der Waals surface area contributed by atoms with Gasteiger partial charge in [0.05, 0.1) is 11.3 Å². The minimum absolute atomic E-state index is 0.253. The van der Waals surface area contributed by atoms with Gasteiger partial charge >= 0.3 is 5.97 Å². The lowest BCUT2D eigenvalue weighted by Crippen LogP contribution is -2.01. The Kier molecular flexibility index (Phi) is 3.89. The third kappa shape index (κ3) is 2.70. The largest absolute Gasteiger partial charge is 0.478 e. The molecule has 0 aliphatic rings. The van der Waals surface area contributed by atoms with Gasteiger partial charge in [0.2, 0.25) is 5.95 Å². The smallest absolute Gasteiger partial charge is 0.335 e. The second-order valence-electron chi connectivity index (χ2n) is 5.85. The molecule has 0 amide bonds. The van der Waals surface area contributed by atoms with Crippen LogP contribution in [0.2, 0.25) is 0 Å². The lowest BCUT2D eigenvalue weighted by atomic mass is 10.1. The second-order valence-corrected chi connectivity index (χ2v) is 6.71. The maximum atomic E-state index is 11.2. The highest BCUT2D eigenvalue weighted by molar-refractivity contribution is 7.13. The number of aromatic amines is 1. The van der Waals surface area contributed by atoms with E-state index in [0.29, 0.717) is 5.95 Å². The Hall–Kier alpha value is -3.26. The number of carboxylic acids is 1. The van der Waals surface area contributed by atoms with Crippen molar-refractivity contribution in [2.75, 3.05) is 0 Å². The molecule has 0 saturated carbocycles. The normalized spacial score (nSPS) is 11.0. The number of carbonyl (C=O) groups is 1. The molecule has 26 heavy (non-hydrogen) atoms. The second kappa shape index (κ2) is 6.23. The lowest BCUT2D eigenvalue weighted by Gasteiger charge is -2.04. The van der Waals surface area contributed by atoms with Crippen LogP contribution in [0.4, 0.5) is 0 Å². The van der Waals surface area contributed by atoms with E-state index in [2.05, 4.69) is 21.2 Å². The first-order valence-electron chi connectivity index (χ1n) is 7.89. The number of aryl methyl sites for hydroxylation is 1. The number of aromatic nitrogens is 5. The average molecular weight is 365 g/mol. The van der Waals surface area contributed by atoms with Gasteiger partial charge in [0, 0.05) is 27.9 Å². The molecule has 1 aromatic carbocycles. The van der Waals surface area contributed by atoms with Crippen LogP contribution in [0.5, 0.6) is 0 Å². The van der Waals surface area contributed by atoms with Gasteiger partial charge in [-0.1, -0.05) is 12.1 Å². The van der Waals surface area contributed by atoms with E-state index in [4.69, 9.17) is 10.1 Å². The van der Waals surface area contributed by atoms with E-state index in [0.717, 1.165) is 33.2 Å². The lowest BCUT2D eigenvalue weighted by molar-refractivity contribution is 0.0697. The van der Waals surface area contributed by atoms with Crippen molar-refractivity contribution >= 4 is 17.3 Å². The fraction of sp³-hybridized carbons (Fsp3) is 0.111. The van der Waals surface area contributed by atoms with Gasteiger partial charge in [-0.25, -0.2) is 14.9 Å². The van der Waals surface area contributed by atoms with Gasteiger partial charge in [0.15, 0.2) is 0 Å². The molecule has 7 nitrogen and oxygen atoms in total. The molecular weight excluding hydrogens is 350 g/mol. The van der Waals surface area contributed by atoms with Crippen molar-refractivity contribution in [3.8, 4) is 27.8 Å². The minimum atomic E-state index is -0.945. The van der Waals surface area contributed by atoms with Gasteiger partial charge < -0.3 is 5.11 Å². The monoisotopic (exact) mass is 365 g/mol. The van der Waals surface area contributed by atoms with Crippen LogP contribution in [-0.4, -0.2) is 35.8 Å². The Bertz CT molecular complexity index is 1090. The number of hydrogen-bond acceptors (Lipinski definition) is 5. The summed E-state index contributed by atoms with van der Waals surface area (Å²) in [6.07, 6.45) is 1.48. The van der Waals surface area contributed by atoms with Crippen molar-refractivity contribution in [1.29, 1.82) is 0 Å². The Morgan fingerprint density at radius 1 is 1.27 bits per heavy atom. The van der Waals surface area contributed by atoms with Gasteiger partial charge in [0.1, 0.15) is 11.3 Å². The summed E-state index contributed by atoms with van der Waals surface area (Å²) in [6.45, 7) is 4.01. The Labute approximate surface area is 153 Å². The summed E-state index contributed by atoms with van der Waals surface area (Å²) in [6, 6.07) is 8.88. The third-order valence-corrected chi connectivity index (χ3v) is 5.07. The van der Waals surface area contributed by atoms with E-state index in [-0.39, 0.29) is 5.56 Å². The molecule has 0 saturated heterocycles. The van der Waals surface area contributed by atoms with E-state index in [9.17, 15) is 4.79 Å². The van der Waals surface area contributed by atoms with E-state index in [1.54, 1.807) is 18.2 Å². The number of nitrogens with zero attached hydrogens (tertiary/aromatic N) is 4. The summed E-state index contributed by atoms with van der Waals surface area (Å²) < 4.78 is 1.99. The van der Waals surface area contributed by atoms with E-state index >= 15 is 0 Å². The van der Waals surface area contributed by atoms with Crippen LogP contribution in [-0.2, 0) is 0 Å². The van der Waals surface area contributed by atoms with E-state index in [1.165, 1.54) is 17.7 Å². The van der Waals surface area contributed by atoms with Gasteiger partial charge in [-0.15, -0.1) is 11.3 Å². The van der Waals surface area contributed by atoms with Crippen molar-refractivity contribution in [2.45, 2.75) is 13.8 Å². The highest BCUT2D eigenvalue weighted by atomic mass is 32.1. The van der Waals surface area contributed by atoms with Crippen molar-refractivity contribution in [3.63, 3.8) is 0 Å². The zero-order valence-corrected chi connectivity index (χ0v) is 14.9. The number of hydrogen-bond donors (Lipinski definition) is 2. The first-order valence-corrected chi connectivity index (χ1v) is 8.77. The first kappa shape index (κ1) is 16.2. The molecule has 3 heterocycles. The first-order chi connectivity index (χ1) is 12.5. The van der Waals surface area contributed by atoms with Gasteiger partial charge in [0.25, 0.3) is 0 Å². The van der Waals surface area contributed by atoms with Crippen LogP contribution in [0.3, 0.4) is 0 Å². The molecule has 4 aromatic rings. The number of H-pyrrole nitrogens is 1. The summed E-state index contributed by atoms with van der Waals surface area (Å²) >= 11 is 1.49. The molecule has 130 valence electrons. The minimum Gasteiger partial charge on any atom is -0.478 e. The predicted octanol–water partition coefficient (Wildman–Crippen LogP) is 3.70. The molecule has 0 spiro atoms.